The van der Waals surface area contributed by atoms with E-state index in [1.807, 2.05) is 24.3 Å². The predicted molar refractivity (Wildman–Crippen MR) is 87.5 cm³/mol. The van der Waals surface area contributed by atoms with Gasteiger partial charge in [-0.25, -0.2) is 0 Å². The van der Waals surface area contributed by atoms with Gasteiger partial charge in [0.15, 0.2) is 0 Å². The van der Waals surface area contributed by atoms with Crippen LogP contribution < -0.4 is 10.5 Å². The molecule has 2 aromatic carbocycles. The third kappa shape index (κ3) is 3.85. The van der Waals surface area contributed by atoms with Crippen molar-refractivity contribution >= 4 is 21.8 Å². The summed E-state index contributed by atoms with van der Waals surface area (Å²) in [6.45, 7) is 4.55. The van der Waals surface area contributed by atoms with E-state index < -0.39 is 5.91 Å². The number of amides is 1. The maximum Gasteiger partial charge on any atom is 0.249 e. The quantitative estimate of drug-likeness (QED) is 0.878. The van der Waals surface area contributed by atoms with Crippen molar-refractivity contribution < 1.29 is 9.53 Å². The van der Waals surface area contributed by atoms with Crippen LogP contribution in [0, 0.1) is 0 Å². The maximum absolute atomic E-state index is 11.4. The van der Waals surface area contributed by atoms with Crippen molar-refractivity contribution in [2.75, 3.05) is 0 Å². The van der Waals surface area contributed by atoms with E-state index in [9.17, 15) is 4.79 Å². The smallest absolute Gasteiger partial charge is 0.249 e. The van der Waals surface area contributed by atoms with Crippen LogP contribution >= 0.6 is 15.9 Å². The van der Waals surface area contributed by atoms with E-state index in [0.29, 0.717) is 18.1 Å². The molecule has 0 heterocycles. The van der Waals surface area contributed by atoms with Crippen LogP contribution in [0.15, 0.2) is 46.9 Å². The van der Waals surface area contributed by atoms with Gasteiger partial charge in [-0.3, -0.25) is 4.79 Å². The zero-order chi connectivity index (χ0) is 15.4. The van der Waals surface area contributed by atoms with Crippen molar-refractivity contribution in [1.29, 1.82) is 0 Å². The fraction of sp³-hybridized carbons (Fsp3) is 0.235. The molecule has 3 nitrogen and oxygen atoms in total. The molecule has 2 rings (SSSR count). The Kier molecular flexibility index (Phi) is 5.02. The first-order valence-corrected chi connectivity index (χ1v) is 7.58. The fourth-order valence-corrected chi connectivity index (χ4v) is 2.52. The molecule has 0 bridgehead atoms. The lowest BCUT2D eigenvalue weighted by atomic mass is 10.0. The molecule has 110 valence electrons. The van der Waals surface area contributed by atoms with E-state index in [1.165, 1.54) is 0 Å². The number of ether oxygens (including phenoxy) is 1. The van der Waals surface area contributed by atoms with Crippen molar-refractivity contribution in [1.82, 2.24) is 0 Å². The summed E-state index contributed by atoms with van der Waals surface area (Å²) < 4.78 is 6.93. The minimum atomic E-state index is -0.436. The van der Waals surface area contributed by atoms with Crippen LogP contribution in [-0.4, -0.2) is 5.91 Å². The third-order valence-electron chi connectivity index (χ3n) is 3.26. The second-order valence-corrected chi connectivity index (χ2v) is 6.06. The topological polar surface area (TPSA) is 52.3 Å². The molecule has 0 aromatic heterocycles. The largest absolute Gasteiger partial charge is 0.489 e. The van der Waals surface area contributed by atoms with Gasteiger partial charge in [0.2, 0.25) is 5.91 Å². The van der Waals surface area contributed by atoms with E-state index in [0.717, 1.165) is 21.3 Å². The van der Waals surface area contributed by atoms with E-state index in [1.54, 1.807) is 12.1 Å². The lowest BCUT2D eigenvalue weighted by Crippen LogP contribution is -2.14. The van der Waals surface area contributed by atoms with Crippen LogP contribution in [0.2, 0.25) is 0 Å². The van der Waals surface area contributed by atoms with Crippen molar-refractivity contribution in [3.63, 3.8) is 0 Å². The van der Waals surface area contributed by atoms with Crippen molar-refractivity contribution in [2.24, 2.45) is 5.73 Å². The lowest BCUT2D eigenvalue weighted by molar-refractivity contribution is 0.0998. The highest BCUT2D eigenvalue weighted by Crippen LogP contribution is 2.30. The van der Waals surface area contributed by atoms with Gasteiger partial charge >= 0.3 is 0 Å². The molecule has 2 N–H and O–H groups in total. The summed E-state index contributed by atoms with van der Waals surface area (Å²) in [5.74, 6) is 0.741. The van der Waals surface area contributed by atoms with Crippen LogP contribution in [-0.2, 0) is 6.61 Å². The summed E-state index contributed by atoms with van der Waals surface area (Å²) in [5, 5.41) is 0. The number of carbonyl (C=O) groups excluding carboxylic acids is 1. The molecule has 21 heavy (non-hydrogen) atoms. The number of nitrogens with two attached hydrogens (primary N) is 1. The number of hydrogen-bond acceptors (Lipinski definition) is 2. The summed E-state index contributed by atoms with van der Waals surface area (Å²) in [7, 11) is 0. The van der Waals surface area contributed by atoms with Crippen molar-refractivity contribution in [3.8, 4) is 5.75 Å². The number of primary amides is 1. The average molecular weight is 348 g/mol. The average Bonchev–Trinajstić information content (AvgIpc) is 2.46. The number of hydrogen-bond donors (Lipinski definition) is 1. The zero-order valence-corrected chi connectivity index (χ0v) is 13.7. The molecule has 0 aliphatic carbocycles. The molecule has 0 spiro atoms. The van der Waals surface area contributed by atoms with E-state index in [-0.39, 0.29) is 0 Å². The summed E-state index contributed by atoms with van der Waals surface area (Å²) >= 11 is 3.47. The molecule has 0 radical (unpaired) electrons. The fourth-order valence-electron chi connectivity index (χ4n) is 2.14. The van der Waals surface area contributed by atoms with Gasteiger partial charge in [-0.05, 0) is 35.7 Å². The van der Waals surface area contributed by atoms with Gasteiger partial charge in [-0.2, -0.15) is 0 Å². The maximum atomic E-state index is 11.4. The Bertz CT molecular complexity index is 653. The van der Waals surface area contributed by atoms with Crippen LogP contribution in [0.4, 0.5) is 0 Å². The minimum Gasteiger partial charge on any atom is -0.489 e. The number of halogens is 1. The normalized spacial score (nSPS) is 10.7. The molecule has 0 aliphatic heterocycles. The Morgan fingerprint density at radius 2 is 1.95 bits per heavy atom. The SMILES string of the molecule is CC(C)c1cc(Br)ccc1OCc1ccccc1C(N)=O. The van der Waals surface area contributed by atoms with Gasteiger partial charge < -0.3 is 10.5 Å². The van der Waals surface area contributed by atoms with Crippen molar-refractivity contribution in [3.05, 3.63) is 63.6 Å². The summed E-state index contributed by atoms with van der Waals surface area (Å²) in [4.78, 5) is 11.4. The zero-order valence-electron chi connectivity index (χ0n) is 12.1. The molecule has 2 aromatic rings. The lowest BCUT2D eigenvalue weighted by Gasteiger charge is -2.15. The summed E-state index contributed by atoms with van der Waals surface area (Å²) in [5.41, 5.74) is 7.80. The molecule has 0 saturated heterocycles. The monoisotopic (exact) mass is 347 g/mol. The molecule has 1 amide bonds. The Balaban J connectivity index is 2.23. The number of benzene rings is 2. The van der Waals surface area contributed by atoms with Gasteiger partial charge in [0.25, 0.3) is 0 Å². The minimum absolute atomic E-state index is 0.320. The second kappa shape index (κ2) is 6.76. The first-order valence-electron chi connectivity index (χ1n) is 6.79. The molecular weight excluding hydrogens is 330 g/mol. The van der Waals surface area contributed by atoms with Crippen LogP contribution in [0.3, 0.4) is 0 Å². The predicted octanol–water partition coefficient (Wildman–Crippen LogP) is 4.25. The summed E-state index contributed by atoms with van der Waals surface area (Å²) in [6.07, 6.45) is 0. The van der Waals surface area contributed by atoms with E-state index in [4.69, 9.17) is 10.5 Å². The molecular formula is C17H18BrNO2. The van der Waals surface area contributed by atoms with E-state index >= 15 is 0 Å². The van der Waals surface area contributed by atoms with Crippen molar-refractivity contribution in [2.45, 2.75) is 26.4 Å². The first-order chi connectivity index (χ1) is 9.99. The third-order valence-corrected chi connectivity index (χ3v) is 3.75. The standard InChI is InChI=1S/C17H18BrNO2/c1-11(2)15-9-13(18)7-8-16(15)21-10-12-5-3-4-6-14(12)17(19)20/h3-9,11H,10H2,1-2H3,(H2,19,20). The highest BCUT2D eigenvalue weighted by molar-refractivity contribution is 9.10. The Labute approximate surface area is 133 Å². The van der Waals surface area contributed by atoms with Crippen LogP contribution in [0.25, 0.3) is 0 Å². The molecule has 0 aliphatic rings. The Hall–Kier alpha value is -1.81. The Morgan fingerprint density at radius 1 is 1.24 bits per heavy atom. The van der Waals surface area contributed by atoms with Gasteiger partial charge in [0, 0.05) is 15.6 Å². The molecule has 0 fully saturated rings. The highest BCUT2D eigenvalue weighted by Gasteiger charge is 2.11. The van der Waals surface area contributed by atoms with Crippen LogP contribution in [0.5, 0.6) is 5.75 Å². The highest BCUT2D eigenvalue weighted by atomic mass is 79.9. The molecule has 0 unspecified atom stereocenters. The molecule has 0 atom stereocenters. The first kappa shape index (κ1) is 15.6. The van der Waals surface area contributed by atoms with Gasteiger partial charge in [0.1, 0.15) is 12.4 Å². The number of carbonyl (C=O) groups is 1. The van der Waals surface area contributed by atoms with Gasteiger partial charge in [-0.15, -0.1) is 0 Å². The molecule has 0 saturated carbocycles. The Morgan fingerprint density at radius 3 is 2.62 bits per heavy atom. The number of rotatable bonds is 5. The molecule has 4 heteroatoms. The van der Waals surface area contributed by atoms with Gasteiger partial charge in [0.05, 0.1) is 0 Å². The summed E-state index contributed by atoms with van der Waals surface area (Å²) in [6, 6.07) is 13.2. The van der Waals surface area contributed by atoms with Crippen LogP contribution in [0.1, 0.15) is 41.3 Å². The second-order valence-electron chi connectivity index (χ2n) is 5.15. The van der Waals surface area contributed by atoms with Gasteiger partial charge in [-0.1, -0.05) is 48.0 Å². The van der Waals surface area contributed by atoms with E-state index in [2.05, 4.69) is 35.8 Å².